The molecule has 0 unspecified atom stereocenters. The maximum absolute atomic E-state index is 12.7. The lowest BCUT2D eigenvalue weighted by molar-refractivity contribution is -0.136. The average Bonchev–Trinajstić information content (AvgIpc) is 2.96. The van der Waals surface area contributed by atoms with Crippen LogP contribution in [0.15, 0.2) is 48.5 Å². The molecular formula is C21H20ClN3O3. The highest BCUT2D eigenvalue weighted by atomic mass is 35.5. The maximum atomic E-state index is 12.7. The zero-order chi connectivity index (χ0) is 19.7. The van der Waals surface area contributed by atoms with Gasteiger partial charge in [-0.15, -0.1) is 0 Å². The number of hydrogen-bond acceptors (Lipinski definition) is 3. The quantitative estimate of drug-likeness (QED) is 0.806. The van der Waals surface area contributed by atoms with E-state index in [1.54, 1.807) is 29.2 Å². The summed E-state index contributed by atoms with van der Waals surface area (Å²) in [5, 5.41) is 3.12. The Kier molecular flexibility index (Phi) is 5.05. The van der Waals surface area contributed by atoms with Crippen LogP contribution in [0, 0.1) is 0 Å². The first-order chi connectivity index (χ1) is 13.5. The number of benzene rings is 2. The van der Waals surface area contributed by atoms with E-state index < -0.39 is 18.0 Å². The topological polar surface area (TPSA) is 69.7 Å². The van der Waals surface area contributed by atoms with E-state index in [2.05, 4.69) is 11.4 Å². The average molecular weight is 398 g/mol. The number of urea groups is 1. The number of halogens is 1. The normalized spacial score (nSPS) is 18.8. The van der Waals surface area contributed by atoms with Gasteiger partial charge in [0.05, 0.1) is 13.0 Å². The number of nitrogens with one attached hydrogen (secondary N) is 1. The van der Waals surface area contributed by atoms with Crippen molar-refractivity contribution in [3.63, 3.8) is 0 Å². The Hall–Kier alpha value is -2.86. The largest absolute Gasteiger partial charge is 0.338 e. The molecule has 2 aromatic rings. The van der Waals surface area contributed by atoms with E-state index in [1.165, 1.54) is 5.56 Å². The molecular weight excluding hydrogens is 378 g/mol. The van der Waals surface area contributed by atoms with Crippen LogP contribution in [-0.4, -0.2) is 40.2 Å². The first kappa shape index (κ1) is 18.5. The number of carbonyl (C=O) groups is 3. The summed E-state index contributed by atoms with van der Waals surface area (Å²) < 4.78 is 0. The van der Waals surface area contributed by atoms with Crippen LogP contribution in [0.4, 0.5) is 4.79 Å². The number of fused-ring (bicyclic) bond motifs is 1. The summed E-state index contributed by atoms with van der Waals surface area (Å²) in [5.74, 6) is -0.525. The molecule has 6 nitrogen and oxygen atoms in total. The van der Waals surface area contributed by atoms with Crippen molar-refractivity contribution in [1.82, 2.24) is 15.1 Å². The SMILES string of the molecule is O=C(C[C@@H]1NC(=O)N(Cc2ccccc2Cl)C1=O)N1CCc2ccccc2C1. The number of nitrogens with zero attached hydrogens (tertiary/aromatic N) is 2. The highest BCUT2D eigenvalue weighted by Gasteiger charge is 2.40. The van der Waals surface area contributed by atoms with Crippen LogP contribution in [0.5, 0.6) is 0 Å². The van der Waals surface area contributed by atoms with Gasteiger partial charge in [-0.25, -0.2) is 4.79 Å². The fraction of sp³-hybridized carbons (Fsp3) is 0.286. The predicted molar refractivity (Wildman–Crippen MR) is 105 cm³/mol. The molecule has 0 spiro atoms. The van der Waals surface area contributed by atoms with E-state index in [-0.39, 0.29) is 18.9 Å². The molecule has 7 heteroatoms. The zero-order valence-corrected chi connectivity index (χ0v) is 16.0. The first-order valence-corrected chi connectivity index (χ1v) is 9.60. The maximum Gasteiger partial charge on any atom is 0.325 e. The summed E-state index contributed by atoms with van der Waals surface area (Å²) in [6.45, 7) is 1.24. The van der Waals surface area contributed by atoms with E-state index in [4.69, 9.17) is 11.6 Å². The second-order valence-corrected chi connectivity index (χ2v) is 7.46. The zero-order valence-electron chi connectivity index (χ0n) is 15.2. The van der Waals surface area contributed by atoms with E-state index >= 15 is 0 Å². The summed E-state index contributed by atoms with van der Waals surface area (Å²) in [5.41, 5.74) is 3.07. The molecule has 2 aliphatic rings. The summed E-state index contributed by atoms with van der Waals surface area (Å²) >= 11 is 6.13. The van der Waals surface area contributed by atoms with Crippen molar-refractivity contribution < 1.29 is 14.4 Å². The first-order valence-electron chi connectivity index (χ1n) is 9.23. The summed E-state index contributed by atoms with van der Waals surface area (Å²) in [4.78, 5) is 40.5. The molecule has 0 radical (unpaired) electrons. The van der Waals surface area contributed by atoms with Gasteiger partial charge in [0.1, 0.15) is 6.04 Å². The van der Waals surface area contributed by atoms with Gasteiger partial charge in [-0.2, -0.15) is 0 Å². The Morgan fingerprint density at radius 2 is 1.79 bits per heavy atom. The fourth-order valence-corrected chi connectivity index (χ4v) is 3.87. The molecule has 0 aliphatic carbocycles. The molecule has 1 N–H and O–H groups in total. The number of hydrogen-bond donors (Lipinski definition) is 1. The van der Waals surface area contributed by atoms with Gasteiger partial charge in [0, 0.05) is 18.1 Å². The standard InChI is InChI=1S/C21H20ClN3O3/c22-17-8-4-3-7-16(17)13-25-20(27)18(23-21(25)28)11-19(26)24-10-9-14-5-1-2-6-15(14)12-24/h1-8,18H,9-13H2,(H,23,28)/t18-/m0/s1. The smallest absolute Gasteiger partial charge is 0.325 e. The van der Waals surface area contributed by atoms with E-state index in [0.717, 1.165) is 16.9 Å². The Morgan fingerprint density at radius 3 is 2.57 bits per heavy atom. The Bertz CT molecular complexity index is 946. The van der Waals surface area contributed by atoms with Crippen LogP contribution >= 0.6 is 11.6 Å². The molecule has 0 aromatic heterocycles. The molecule has 28 heavy (non-hydrogen) atoms. The van der Waals surface area contributed by atoms with Crippen molar-refractivity contribution in [2.24, 2.45) is 0 Å². The van der Waals surface area contributed by atoms with Crippen molar-refractivity contribution in [3.05, 3.63) is 70.2 Å². The van der Waals surface area contributed by atoms with Crippen molar-refractivity contribution in [1.29, 1.82) is 0 Å². The molecule has 1 fully saturated rings. The van der Waals surface area contributed by atoms with Crippen LogP contribution in [0.1, 0.15) is 23.1 Å². The summed E-state index contributed by atoms with van der Waals surface area (Å²) in [6, 6.07) is 13.8. The lowest BCUT2D eigenvalue weighted by atomic mass is 9.99. The third-order valence-electron chi connectivity index (χ3n) is 5.26. The number of rotatable bonds is 4. The lowest BCUT2D eigenvalue weighted by Gasteiger charge is -2.29. The van der Waals surface area contributed by atoms with Crippen LogP contribution in [0.2, 0.25) is 5.02 Å². The molecule has 4 amide bonds. The minimum absolute atomic E-state index is 0.0360. The molecule has 2 aliphatic heterocycles. The minimum Gasteiger partial charge on any atom is -0.338 e. The second kappa shape index (κ2) is 7.64. The van der Waals surface area contributed by atoms with Crippen LogP contribution in [-0.2, 0) is 29.1 Å². The molecule has 4 rings (SSSR count). The molecule has 1 atom stereocenters. The van der Waals surface area contributed by atoms with Crippen molar-refractivity contribution >= 4 is 29.4 Å². The van der Waals surface area contributed by atoms with E-state index in [0.29, 0.717) is 23.7 Å². The molecule has 2 aromatic carbocycles. The Morgan fingerprint density at radius 1 is 1.07 bits per heavy atom. The second-order valence-electron chi connectivity index (χ2n) is 7.06. The number of imide groups is 1. The Labute approximate surface area is 168 Å². The third kappa shape index (κ3) is 3.60. The fourth-order valence-electron chi connectivity index (χ4n) is 3.67. The van der Waals surface area contributed by atoms with Gasteiger partial charge in [-0.05, 0) is 29.2 Å². The highest BCUT2D eigenvalue weighted by molar-refractivity contribution is 6.31. The van der Waals surface area contributed by atoms with Gasteiger partial charge in [-0.3, -0.25) is 14.5 Å². The van der Waals surface area contributed by atoms with Crippen molar-refractivity contribution in [2.45, 2.75) is 32.0 Å². The number of amides is 4. The van der Waals surface area contributed by atoms with Gasteiger partial charge in [0.25, 0.3) is 5.91 Å². The molecule has 0 saturated carbocycles. The lowest BCUT2D eigenvalue weighted by Crippen LogP contribution is -2.41. The van der Waals surface area contributed by atoms with Gasteiger partial charge < -0.3 is 10.2 Å². The van der Waals surface area contributed by atoms with Gasteiger partial charge >= 0.3 is 6.03 Å². The van der Waals surface area contributed by atoms with Crippen molar-refractivity contribution in [3.8, 4) is 0 Å². The van der Waals surface area contributed by atoms with E-state index in [1.807, 2.05) is 18.2 Å². The van der Waals surface area contributed by atoms with Gasteiger partial charge in [0.15, 0.2) is 0 Å². The Balaban J connectivity index is 1.40. The van der Waals surface area contributed by atoms with Crippen molar-refractivity contribution in [2.75, 3.05) is 6.54 Å². The predicted octanol–water partition coefficient (Wildman–Crippen LogP) is 2.74. The van der Waals surface area contributed by atoms with Crippen LogP contribution in [0.25, 0.3) is 0 Å². The van der Waals surface area contributed by atoms with Crippen LogP contribution < -0.4 is 5.32 Å². The monoisotopic (exact) mass is 397 g/mol. The van der Waals surface area contributed by atoms with Gasteiger partial charge in [0.2, 0.25) is 5.91 Å². The highest BCUT2D eigenvalue weighted by Crippen LogP contribution is 2.22. The molecule has 0 bridgehead atoms. The molecule has 1 saturated heterocycles. The molecule has 2 heterocycles. The third-order valence-corrected chi connectivity index (χ3v) is 5.62. The van der Waals surface area contributed by atoms with Gasteiger partial charge in [-0.1, -0.05) is 54.1 Å². The van der Waals surface area contributed by atoms with E-state index in [9.17, 15) is 14.4 Å². The van der Waals surface area contributed by atoms with Crippen LogP contribution in [0.3, 0.4) is 0 Å². The summed E-state index contributed by atoms with van der Waals surface area (Å²) in [6.07, 6.45) is 0.761. The number of carbonyl (C=O) groups excluding carboxylic acids is 3. The summed E-state index contributed by atoms with van der Waals surface area (Å²) in [7, 11) is 0. The molecule has 144 valence electrons. The minimum atomic E-state index is -0.834.